The predicted molar refractivity (Wildman–Crippen MR) is 93.7 cm³/mol. The highest BCUT2D eigenvalue weighted by atomic mass is 35.5. The number of hydrogen-bond donors (Lipinski definition) is 1. The molecule has 0 spiro atoms. The number of carbonyl (C=O) groups excluding carboxylic acids is 2. The van der Waals surface area contributed by atoms with E-state index < -0.39 is 5.97 Å². The summed E-state index contributed by atoms with van der Waals surface area (Å²) in [6.45, 7) is 0. The van der Waals surface area contributed by atoms with Crippen molar-refractivity contribution in [3.05, 3.63) is 64.8 Å². The van der Waals surface area contributed by atoms with Gasteiger partial charge in [-0.15, -0.1) is 0 Å². The molecule has 1 amide bonds. The molecule has 0 saturated carbocycles. The van der Waals surface area contributed by atoms with Gasteiger partial charge in [0.25, 0.3) is 5.91 Å². The third-order valence-electron chi connectivity index (χ3n) is 3.83. The number of halogens is 1. The van der Waals surface area contributed by atoms with E-state index in [0.717, 1.165) is 10.9 Å². The van der Waals surface area contributed by atoms with Crippen LogP contribution in [0.25, 0.3) is 10.9 Å². The molecule has 1 N–H and O–H groups in total. The highest BCUT2D eigenvalue weighted by Crippen LogP contribution is 2.26. The molecule has 0 unspecified atom stereocenters. The molecule has 0 aliphatic heterocycles. The summed E-state index contributed by atoms with van der Waals surface area (Å²) in [4.78, 5) is 23.9. The highest BCUT2D eigenvalue weighted by Gasteiger charge is 2.15. The summed E-state index contributed by atoms with van der Waals surface area (Å²) in [5.41, 5.74) is 2.39. The summed E-state index contributed by atoms with van der Waals surface area (Å²) in [6.07, 6.45) is 0. The van der Waals surface area contributed by atoms with Gasteiger partial charge in [-0.1, -0.05) is 17.7 Å². The lowest BCUT2D eigenvalue weighted by molar-refractivity contribution is 0.0600. The van der Waals surface area contributed by atoms with Crippen LogP contribution in [0.5, 0.6) is 0 Å². The molecule has 1 heterocycles. The highest BCUT2D eigenvalue weighted by molar-refractivity contribution is 6.35. The van der Waals surface area contributed by atoms with E-state index in [4.69, 9.17) is 11.6 Å². The molecular weight excluding hydrogens is 328 g/mol. The van der Waals surface area contributed by atoms with Gasteiger partial charge in [-0.05, 0) is 42.5 Å². The van der Waals surface area contributed by atoms with Crippen molar-refractivity contribution in [3.63, 3.8) is 0 Å². The number of esters is 1. The van der Waals surface area contributed by atoms with E-state index in [1.54, 1.807) is 41.0 Å². The fraction of sp³-hybridized carbons (Fsp3) is 0.111. The maximum atomic E-state index is 12.5. The first-order valence-electron chi connectivity index (χ1n) is 7.25. The van der Waals surface area contributed by atoms with E-state index in [-0.39, 0.29) is 5.91 Å². The molecule has 6 heteroatoms. The second-order valence-electron chi connectivity index (χ2n) is 5.28. The normalized spacial score (nSPS) is 10.6. The van der Waals surface area contributed by atoms with E-state index >= 15 is 0 Å². The Morgan fingerprint density at radius 2 is 1.83 bits per heavy atom. The van der Waals surface area contributed by atoms with Crippen LogP contribution in [0, 0.1) is 0 Å². The lowest BCUT2D eigenvalue weighted by Gasteiger charge is -2.07. The quantitative estimate of drug-likeness (QED) is 0.735. The molecular formula is C18H15ClN2O3. The number of aryl methyl sites for hydroxylation is 1. The predicted octanol–water partition coefficient (Wildman–Crippen LogP) is 3.87. The van der Waals surface area contributed by atoms with Crippen molar-refractivity contribution in [2.45, 2.75) is 0 Å². The molecule has 0 saturated heterocycles. The van der Waals surface area contributed by atoms with Crippen LogP contribution >= 0.6 is 11.6 Å². The van der Waals surface area contributed by atoms with E-state index in [1.807, 2.05) is 19.2 Å². The lowest BCUT2D eigenvalue weighted by Crippen LogP contribution is -2.15. The van der Waals surface area contributed by atoms with Crippen LogP contribution in [0.4, 0.5) is 5.69 Å². The zero-order valence-electron chi connectivity index (χ0n) is 13.2. The zero-order chi connectivity index (χ0) is 17.3. The van der Waals surface area contributed by atoms with E-state index in [2.05, 4.69) is 10.1 Å². The smallest absolute Gasteiger partial charge is 0.337 e. The van der Waals surface area contributed by atoms with Crippen LogP contribution in [0.1, 0.15) is 20.8 Å². The number of nitrogens with one attached hydrogen (secondary N) is 1. The van der Waals surface area contributed by atoms with Gasteiger partial charge in [-0.2, -0.15) is 0 Å². The summed E-state index contributed by atoms with van der Waals surface area (Å²) in [5.74, 6) is -0.674. The van der Waals surface area contributed by atoms with Gasteiger partial charge in [0, 0.05) is 28.7 Å². The summed E-state index contributed by atoms with van der Waals surface area (Å²) in [7, 11) is 3.14. The fourth-order valence-corrected chi connectivity index (χ4v) is 2.77. The number of carbonyl (C=O) groups is 2. The zero-order valence-corrected chi connectivity index (χ0v) is 13.9. The molecule has 0 fully saturated rings. The molecule has 3 rings (SSSR count). The van der Waals surface area contributed by atoms with Gasteiger partial charge in [0.2, 0.25) is 0 Å². The van der Waals surface area contributed by atoms with Crippen LogP contribution in [-0.2, 0) is 11.8 Å². The molecule has 0 bridgehead atoms. The summed E-state index contributed by atoms with van der Waals surface area (Å²) in [6, 6.07) is 13.8. The van der Waals surface area contributed by atoms with Gasteiger partial charge in [0.15, 0.2) is 0 Å². The minimum absolute atomic E-state index is 0.254. The van der Waals surface area contributed by atoms with Crippen LogP contribution in [-0.4, -0.2) is 23.6 Å². The molecule has 1 aromatic heterocycles. The molecule has 0 aliphatic rings. The Morgan fingerprint density at radius 3 is 2.46 bits per heavy atom. The number of nitrogens with zero attached hydrogens (tertiary/aromatic N) is 1. The first kappa shape index (κ1) is 16.1. The number of hydrogen-bond acceptors (Lipinski definition) is 3. The average molecular weight is 343 g/mol. The topological polar surface area (TPSA) is 60.3 Å². The number of amides is 1. The van der Waals surface area contributed by atoms with Crippen LogP contribution in [0.3, 0.4) is 0 Å². The second-order valence-corrected chi connectivity index (χ2v) is 5.69. The minimum atomic E-state index is -0.420. The first-order chi connectivity index (χ1) is 11.5. The van der Waals surface area contributed by atoms with Gasteiger partial charge >= 0.3 is 5.97 Å². The summed E-state index contributed by atoms with van der Waals surface area (Å²) < 4.78 is 6.44. The SMILES string of the molecule is COC(=O)c1ccc(NC(=O)c2cc3c(Cl)cccc3n2C)cc1. The number of aromatic nitrogens is 1. The van der Waals surface area contributed by atoms with Crippen molar-refractivity contribution in [1.29, 1.82) is 0 Å². The first-order valence-corrected chi connectivity index (χ1v) is 7.62. The number of ether oxygens (including phenoxy) is 1. The molecule has 5 nitrogen and oxygen atoms in total. The molecule has 0 aliphatic carbocycles. The Morgan fingerprint density at radius 1 is 1.12 bits per heavy atom. The van der Waals surface area contributed by atoms with Crippen molar-refractivity contribution in [2.24, 2.45) is 7.05 Å². The van der Waals surface area contributed by atoms with Gasteiger partial charge in [-0.3, -0.25) is 4.79 Å². The van der Waals surface area contributed by atoms with Crippen LogP contribution in [0.15, 0.2) is 48.5 Å². The third-order valence-corrected chi connectivity index (χ3v) is 4.16. The van der Waals surface area contributed by atoms with Gasteiger partial charge in [0.1, 0.15) is 5.69 Å². The number of fused-ring (bicyclic) bond motifs is 1. The standard InChI is InChI=1S/C18H15ClN2O3/c1-21-15-5-3-4-14(19)13(15)10-16(21)17(22)20-12-8-6-11(7-9-12)18(23)24-2/h3-10H,1-2H3,(H,20,22). The van der Waals surface area contributed by atoms with Crippen molar-refractivity contribution in [1.82, 2.24) is 4.57 Å². The molecule has 2 aromatic carbocycles. The van der Waals surface area contributed by atoms with Gasteiger partial charge in [0.05, 0.1) is 12.7 Å². The van der Waals surface area contributed by atoms with E-state index in [1.165, 1.54) is 7.11 Å². The van der Waals surface area contributed by atoms with Crippen molar-refractivity contribution in [3.8, 4) is 0 Å². The Balaban J connectivity index is 1.86. The van der Waals surface area contributed by atoms with Crippen molar-refractivity contribution < 1.29 is 14.3 Å². The Labute approximate surface area is 143 Å². The molecule has 24 heavy (non-hydrogen) atoms. The van der Waals surface area contributed by atoms with Crippen LogP contribution in [0.2, 0.25) is 5.02 Å². The van der Waals surface area contributed by atoms with Crippen LogP contribution < -0.4 is 5.32 Å². The number of methoxy groups -OCH3 is 1. The van der Waals surface area contributed by atoms with E-state index in [0.29, 0.717) is 22.0 Å². The number of rotatable bonds is 3. The lowest BCUT2D eigenvalue weighted by atomic mass is 10.2. The molecule has 3 aromatic rings. The summed E-state index contributed by atoms with van der Waals surface area (Å²) in [5, 5.41) is 4.24. The molecule has 122 valence electrons. The summed E-state index contributed by atoms with van der Waals surface area (Å²) >= 11 is 6.18. The maximum absolute atomic E-state index is 12.5. The van der Waals surface area contributed by atoms with Gasteiger partial charge < -0.3 is 14.6 Å². The van der Waals surface area contributed by atoms with Crippen molar-refractivity contribution in [2.75, 3.05) is 12.4 Å². The third kappa shape index (κ3) is 2.86. The molecule has 0 atom stereocenters. The Bertz CT molecular complexity index is 929. The Hall–Kier alpha value is -2.79. The molecule has 0 radical (unpaired) electrons. The van der Waals surface area contributed by atoms with Crippen molar-refractivity contribution >= 4 is 40.1 Å². The number of anilines is 1. The fourth-order valence-electron chi connectivity index (χ4n) is 2.54. The van der Waals surface area contributed by atoms with Gasteiger partial charge in [-0.25, -0.2) is 4.79 Å². The minimum Gasteiger partial charge on any atom is -0.465 e. The largest absolute Gasteiger partial charge is 0.465 e. The Kier molecular flexibility index (Phi) is 4.27. The second kappa shape index (κ2) is 6.37. The monoisotopic (exact) mass is 342 g/mol. The number of benzene rings is 2. The average Bonchev–Trinajstić information content (AvgIpc) is 2.93. The maximum Gasteiger partial charge on any atom is 0.337 e. The van der Waals surface area contributed by atoms with E-state index in [9.17, 15) is 9.59 Å².